The van der Waals surface area contributed by atoms with Gasteiger partial charge in [0.2, 0.25) is 0 Å². The maximum Gasteiger partial charge on any atom is 0.0936 e. The molecule has 2 aromatic carbocycles. The van der Waals surface area contributed by atoms with Crippen LogP contribution in [0.4, 0.5) is 11.4 Å². The Kier molecular flexibility index (Phi) is 2.75. The minimum Gasteiger partial charge on any atom is -0.354 e. The van der Waals surface area contributed by atoms with Crippen LogP contribution in [0.5, 0.6) is 0 Å². The van der Waals surface area contributed by atoms with E-state index in [2.05, 4.69) is 39.6 Å². The maximum atomic E-state index is 4.46. The number of nitrogens with zero attached hydrogens (tertiary/aromatic N) is 2. The van der Waals surface area contributed by atoms with Crippen molar-refractivity contribution in [3.8, 4) is 0 Å². The molecule has 0 unspecified atom stereocenters. The summed E-state index contributed by atoms with van der Waals surface area (Å²) in [5.41, 5.74) is 4.02. The Morgan fingerprint density at radius 1 is 0.714 bits per heavy atom. The first-order valence-corrected chi connectivity index (χ1v) is 6.86. The van der Waals surface area contributed by atoms with Crippen LogP contribution < -0.4 is 5.32 Å². The molecule has 100 valence electrons. The van der Waals surface area contributed by atoms with Crippen molar-refractivity contribution in [3.05, 3.63) is 73.1 Å². The Hall–Kier alpha value is -2.94. The molecule has 0 saturated carbocycles. The van der Waals surface area contributed by atoms with Crippen molar-refractivity contribution in [2.24, 2.45) is 0 Å². The van der Waals surface area contributed by atoms with Gasteiger partial charge in [0.15, 0.2) is 0 Å². The van der Waals surface area contributed by atoms with Gasteiger partial charge in [-0.15, -0.1) is 0 Å². The minimum absolute atomic E-state index is 0.978. The predicted molar refractivity (Wildman–Crippen MR) is 86.8 cm³/mol. The zero-order valence-electron chi connectivity index (χ0n) is 11.3. The van der Waals surface area contributed by atoms with E-state index >= 15 is 0 Å². The smallest absolute Gasteiger partial charge is 0.0936 e. The summed E-state index contributed by atoms with van der Waals surface area (Å²) in [6.07, 6.45) is 3.63. The summed E-state index contributed by atoms with van der Waals surface area (Å²) >= 11 is 0. The Bertz CT molecular complexity index is 926. The Morgan fingerprint density at radius 3 is 2.48 bits per heavy atom. The van der Waals surface area contributed by atoms with Crippen LogP contribution in [0.1, 0.15) is 0 Å². The van der Waals surface area contributed by atoms with E-state index in [-0.39, 0.29) is 0 Å². The Labute approximate surface area is 122 Å². The summed E-state index contributed by atoms with van der Waals surface area (Å²) in [4.78, 5) is 8.80. The van der Waals surface area contributed by atoms with Crippen molar-refractivity contribution in [2.45, 2.75) is 0 Å². The first kappa shape index (κ1) is 11.9. The molecule has 0 radical (unpaired) electrons. The van der Waals surface area contributed by atoms with Crippen LogP contribution in [0.25, 0.3) is 21.8 Å². The van der Waals surface area contributed by atoms with Gasteiger partial charge in [-0.25, -0.2) is 0 Å². The molecule has 0 saturated heterocycles. The molecule has 1 N–H and O–H groups in total. The number of para-hydroxylation sites is 1. The van der Waals surface area contributed by atoms with E-state index in [0.717, 1.165) is 33.2 Å². The van der Waals surface area contributed by atoms with Gasteiger partial charge in [-0.2, -0.15) is 0 Å². The summed E-state index contributed by atoms with van der Waals surface area (Å²) in [6, 6.07) is 20.3. The van der Waals surface area contributed by atoms with Crippen molar-refractivity contribution in [1.82, 2.24) is 9.97 Å². The SMILES string of the molecule is c1cnc2ccc(Nc3cccc4cccnc34)cc2c1. The van der Waals surface area contributed by atoms with Crippen molar-refractivity contribution in [3.63, 3.8) is 0 Å². The van der Waals surface area contributed by atoms with Gasteiger partial charge in [0.25, 0.3) is 0 Å². The summed E-state index contributed by atoms with van der Waals surface area (Å²) in [5.74, 6) is 0. The molecular formula is C18H13N3. The molecule has 0 aliphatic rings. The lowest BCUT2D eigenvalue weighted by molar-refractivity contribution is 1.40. The molecule has 0 aliphatic carbocycles. The lowest BCUT2D eigenvalue weighted by Crippen LogP contribution is -1.93. The molecule has 0 bridgehead atoms. The highest BCUT2D eigenvalue weighted by molar-refractivity contribution is 5.93. The van der Waals surface area contributed by atoms with Gasteiger partial charge in [0, 0.05) is 28.9 Å². The predicted octanol–water partition coefficient (Wildman–Crippen LogP) is 4.53. The van der Waals surface area contributed by atoms with Gasteiger partial charge in [-0.05, 0) is 36.4 Å². The molecular weight excluding hydrogens is 258 g/mol. The molecule has 4 aromatic rings. The number of hydrogen-bond donors (Lipinski definition) is 1. The summed E-state index contributed by atoms with van der Waals surface area (Å²) in [5, 5.41) is 5.70. The normalized spacial score (nSPS) is 10.9. The van der Waals surface area contributed by atoms with E-state index in [9.17, 15) is 0 Å². The molecule has 0 fully saturated rings. The second-order valence-corrected chi connectivity index (χ2v) is 4.92. The topological polar surface area (TPSA) is 37.8 Å². The van der Waals surface area contributed by atoms with E-state index in [4.69, 9.17) is 0 Å². The van der Waals surface area contributed by atoms with Crippen molar-refractivity contribution < 1.29 is 0 Å². The quantitative estimate of drug-likeness (QED) is 0.582. The molecule has 3 nitrogen and oxygen atoms in total. The van der Waals surface area contributed by atoms with E-state index in [1.807, 2.05) is 48.8 Å². The first-order valence-electron chi connectivity index (χ1n) is 6.86. The highest BCUT2D eigenvalue weighted by Crippen LogP contribution is 2.26. The van der Waals surface area contributed by atoms with Gasteiger partial charge in [-0.3, -0.25) is 9.97 Å². The minimum atomic E-state index is 0.978. The highest BCUT2D eigenvalue weighted by Gasteiger charge is 2.03. The molecule has 0 amide bonds. The van der Waals surface area contributed by atoms with Gasteiger partial charge in [0.1, 0.15) is 0 Å². The lowest BCUT2D eigenvalue weighted by atomic mass is 10.1. The zero-order valence-corrected chi connectivity index (χ0v) is 11.3. The van der Waals surface area contributed by atoms with E-state index in [0.29, 0.717) is 0 Å². The molecule has 4 rings (SSSR count). The number of anilines is 2. The number of nitrogens with one attached hydrogen (secondary N) is 1. The number of fused-ring (bicyclic) bond motifs is 2. The molecule has 2 aromatic heterocycles. The number of hydrogen-bond acceptors (Lipinski definition) is 3. The van der Waals surface area contributed by atoms with Crippen LogP contribution >= 0.6 is 0 Å². The molecule has 2 heterocycles. The molecule has 0 aliphatic heterocycles. The average Bonchev–Trinajstić information content (AvgIpc) is 2.55. The van der Waals surface area contributed by atoms with Crippen molar-refractivity contribution >= 4 is 33.2 Å². The first-order chi connectivity index (χ1) is 10.4. The van der Waals surface area contributed by atoms with Gasteiger partial charge < -0.3 is 5.32 Å². The summed E-state index contributed by atoms with van der Waals surface area (Å²) in [6.45, 7) is 0. The van der Waals surface area contributed by atoms with E-state index in [1.165, 1.54) is 0 Å². The molecule has 21 heavy (non-hydrogen) atoms. The van der Waals surface area contributed by atoms with Crippen LogP contribution in [0, 0.1) is 0 Å². The van der Waals surface area contributed by atoms with Gasteiger partial charge in [0.05, 0.1) is 16.7 Å². The fourth-order valence-electron chi connectivity index (χ4n) is 2.51. The fourth-order valence-corrected chi connectivity index (χ4v) is 2.51. The Balaban J connectivity index is 1.79. The van der Waals surface area contributed by atoms with Crippen LogP contribution in [-0.2, 0) is 0 Å². The number of rotatable bonds is 2. The van der Waals surface area contributed by atoms with E-state index < -0.39 is 0 Å². The average molecular weight is 271 g/mol. The third-order valence-corrected chi connectivity index (χ3v) is 3.51. The van der Waals surface area contributed by atoms with Gasteiger partial charge >= 0.3 is 0 Å². The summed E-state index contributed by atoms with van der Waals surface area (Å²) < 4.78 is 0. The maximum absolute atomic E-state index is 4.46. The molecule has 3 heteroatoms. The monoisotopic (exact) mass is 271 g/mol. The second kappa shape index (κ2) is 4.87. The molecule has 0 spiro atoms. The van der Waals surface area contributed by atoms with Crippen molar-refractivity contribution in [2.75, 3.05) is 5.32 Å². The zero-order chi connectivity index (χ0) is 14.1. The van der Waals surface area contributed by atoms with E-state index in [1.54, 1.807) is 0 Å². The van der Waals surface area contributed by atoms with Crippen molar-refractivity contribution in [1.29, 1.82) is 0 Å². The Morgan fingerprint density at radius 2 is 1.52 bits per heavy atom. The molecule has 0 atom stereocenters. The third kappa shape index (κ3) is 2.19. The fraction of sp³-hybridized carbons (Fsp3) is 0. The van der Waals surface area contributed by atoms with Gasteiger partial charge in [-0.1, -0.05) is 24.3 Å². The number of benzene rings is 2. The second-order valence-electron chi connectivity index (χ2n) is 4.92. The standard InChI is InChI=1S/C18H13N3/c1-4-13-5-2-11-20-18(13)17(7-1)21-15-8-9-16-14(12-15)6-3-10-19-16/h1-12,21H. The number of pyridine rings is 2. The van der Waals surface area contributed by atoms with Crippen LogP contribution in [0.15, 0.2) is 73.1 Å². The number of aromatic nitrogens is 2. The van der Waals surface area contributed by atoms with Crippen LogP contribution in [0.3, 0.4) is 0 Å². The van der Waals surface area contributed by atoms with Crippen LogP contribution in [0.2, 0.25) is 0 Å². The summed E-state index contributed by atoms with van der Waals surface area (Å²) in [7, 11) is 0. The lowest BCUT2D eigenvalue weighted by Gasteiger charge is -2.09. The largest absolute Gasteiger partial charge is 0.354 e. The van der Waals surface area contributed by atoms with Crippen LogP contribution in [-0.4, -0.2) is 9.97 Å². The highest BCUT2D eigenvalue weighted by atomic mass is 14.9. The third-order valence-electron chi connectivity index (χ3n) is 3.51.